The maximum absolute atomic E-state index is 12.7. The van der Waals surface area contributed by atoms with Crippen molar-refractivity contribution < 1.29 is 28.2 Å². The van der Waals surface area contributed by atoms with Crippen molar-refractivity contribution in [3.63, 3.8) is 0 Å². The van der Waals surface area contributed by atoms with Gasteiger partial charge in [0.2, 0.25) is 0 Å². The summed E-state index contributed by atoms with van der Waals surface area (Å²) in [6.07, 6.45) is -1.89. The Morgan fingerprint density at radius 2 is 1.88 bits per heavy atom. The summed E-state index contributed by atoms with van der Waals surface area (Å²) in [6, 6.07) is 3.28. The Morgan fingerprint density at radius 3 is 2.36 bits per heavy atom. The van der Waals surface area contributed by atoms with Crippen molar-refractivity contribution in [2.45, 2.75) is 31.3 Å². The van der Waals surface area contributed by atoms with Crippen LogP contribution in [0.3, 0.4) is 0 Å². The Labute approximate surface area is 141 Å². The van der Waals surface area contributed by atoms with Gasteiger partial charge in [-0.3, -0.25) is 4.79 Å². The molecule has 0 saturated carbocycles. The number of hydrogen-bond acceptors (Lipinski definition) is 5. The molecule has 136 valence electrons. The van der Waals surface area contributed by atoms with Crippen LogP contribution in [-0.4, -0.2) is 43.5 Å². The summed E-state index contributed by atoms with van der Waals surface area (Å²) < 4.78 is 39.5. The van der Waals surface area contributed by atoms with Crippen LogP contribution in [0.15, 0.2) is 36.9 Å². The Bertz CT molecular complexity index is 704. The Kier molecular flexibility index (Phi) is 5.43. The normalized spacial score (nSPS) is 15.6. The average molecular weight is 358 g/mol. The highest BCUT2D eigenvalue weighted by molar-refractivity contribution is 5.69. The van der Waals surface area contributed by atoms with Gasteiger partial charge >= 0.3 is 12.1 Å². The standard InChI is InChI=1S/C15H17F3N4O3/c1-10(20-6-13(23)24)14(25,7-22-9-19-8-21-22)11-2-4-12(5-3-11)15(16,17)18/h2-5,8-10,20,25H,6-7H2,1H3,(H,23,24). The molecule has 0 radical (unpaired) electrons. The highest BCUT2D eigenvalue weighted by atomic mass is 19.4. The van der Waals surface area contributed by atoms with Gasteiger partial charge in [-0.25, -0.2) is 9.67 Å². The molecule has 25 heavy (non-hydrogen) atoms. The third kappa shape index (κ3) is 4.54. The Morgan fingerprint density at radius 1 is 1.28 bits per heavy atom. The first-order valence-corrected chi connectivity index (χ1v) is 7.30. The summed E-state index contributed by atoms with van der Waals surface area (Å²) in [6.45, 7) is 1.01. The molecule has 0 aliphatic heterocycles. The van der Waals surface area contributed by atoms with E-state index >= 15 is 0 Å². The molecule has 2 rings (SSSR count). The van der Waals surface area contributed by atoms with E-state index in [0.717, 1.165) is 12.1 Å². The number of aliphatic hydroxyl groups is 1. The van der Waals surface area contributed by atoms with Crippen LogP contribution in [0.5, 0.6) is 0 Å². The largest absolute Gasteiger partial charge is 0.480 e. The number of halogens is 3. The van der Waals surface area contributed by atoms with E-state index in [1.807, 2.05) is 0 Å². The number of carboxylic acids is 1. The van der Waals surface area contributed by atoms with Crippen molar-refractivity contribution in [3.05, 3.63) is 48.0 Å². The summed E-state index contributed by atoms with van der Waals surface area (Å²) in [7, 11) is 0. The number of benzene rings is 1. The second kappa shape index (κ2) is 7.19. The molecule has 0 spiro atoms. The molecule has 7 nitrogen and oxygen atoms in total. The van der Waals surface area contributed by atoms with Gasteiger partial charge in [-0.05, 0) is 24.6 Å². The zero-order chi connectivity index (χ0) is 18.7. The average Bonchev–Trinajstić information content (AvgIpc) is 3.04. The summed E-state index contributed by atoms with van der Waals surface area (Å²) in [5.74, 6) is -1.12. The molecule has 0 aliphatic rings. The monoisotopic (exact) mass is 358 g/mol. The molecular formula is C15H17F3N4O3. The predicted molar refractivity (Wildman–Crippen MR) is 80.5 cm³/mol. The molecule has 2 atom stereocenters. The minimum atomic E-state index is -4.49. The van der Waals surface area contributed by atoms with Crippen molar-refractivity contribution in [3.8, 4) is 0 Å². The summed E-state index contributed by atoms with van der Waals surface area (Å²) in [5.41, 5.74) is -2.35. The van der Waals surface area contributed by atoms with Gasteiger partial charge in [-0.15, -0.1) is 0 Å². The molecule has 0 saturated heterocycles. The second-order valence-electron chi connectivity index (χ2n) is 5.59. The van der Waals surface area contributed by atoms with Crippen LogP contribution >= 0.6 is 0 Å². The number of hydrogen-bond donors (Lipinski definition) is 3. The van der Waals surface area contributed by atoms with Crippen LogP contribution in [0.25, 0.3) is 0 Å². The number of carbonyl (C=O) groups is 1. The van der Waals surface area contributed by atoms with E-state index in [1.54, 1.807) is 0 Å². The number of rotatable bonds is 7. The number of alkyl halides is 3. The van der Waals surface area contributed by atoms with Crippen LogP contribution in [-0.2, 0) is 23.1 Å². The van der Waals surface area contributed by atoms with Crippen molar-refractivity contribution in [1.29, 1.82) is 0 Å². The van der Waals surface area contributed by atoms with Gasteiger partial charge in [-0.1, -0.05) is 12.1 Å². The molecule has 0 bridgehead atoms. The molecule has 3 N–H and O–H groups in total. The molecule has 0 amide bonds. The second-order valence-corrected chi connectivity index (χ2v) is 5.59. The van der Waals surface area contributed by atoms with Crippen molar-refractivity contribution >= 4 is 5.97 Å². The third-order valence-corrected chi connectivity index (χ3v) is 3.86. The minimum Gasteiger partial charge on any atom is -0.480 e. The first-order chi connectivity index (χ1) is 11.6. The van der Waals surface area contributed by atoms with Crippen LogP contribution in [0.2, 0.25) is 0 Å². The highest BCUT2D eigenvalue weighted by Gasteiger charge is 2.38. The number of nitrogens with one attached hydrogen (secondary N) is 1. The molecule has 0 fully saturated rings. The Balaban J connectivity index is 2.34. The number of aliphatic carboxylic acids is 1. The maximum atomic E-state index is 12.7. The van der Waals surface area contributed by atoms with Crippen molar-refractivity contribution in [1.82, 2.24) is 20.1 Å². The fourth-order valence-electron chi connectivity index (χ4n) is 2.40. The summed E-state index contributed by atoms with van der Waals surface area (Å²) in [4.78, 5) is 14.5. The van der Waals surface area contributed by atoms with E-state index in [0.29, 0.717) is 0 Å². The lowest BCUT2D eigenvalue weighted by Crippen LogP contribution is -2.50. The number of carboxylic acid groups (broad SMARTS) is 1. The molecular weight excluding hydrogens is 341 g/mol. The van der Waals surface area contributed by atoms with Crippen LogP contribution in [0.4, 0.5) is 13.2 Å². The van der Waals surface area contributed by atoms with E-state index in [9.17, 15) is 23.1 Å². The summed E-state index contributed by atoms with van der Waals surface area (Å²) in [5, 5.41) is 26.4. The van der Waals surface area contributed by atoms with E-state index in [1.165, 1.54) is 36.4 Å². The van der Waals surface area contributed by atoms with E-state index < -0.39 is 35.9 Å². The molecule has 2 aromatic rings. The molecule has 1 heterocycles. The van der Waals surface area contributed by atoms with E-state index in [2.05, 4.69) is 15.4 Å². The summed E-state index contributed by atoms with van der Waals surface area (Å²) >= 11 is 0. The van der Waals surface area contributed by atoms with Crippen LogP contribution < -0.4 is 5.32 Å². The van der Waals surface area contributed by atoms with Crippen molar-refractivity contribution in [2.75, 3.05) is 6.54 Å². The third-order valence-electron chi connectivity index (χ3n) is 3.86. The molecule has 1 aromatic carbocycles. The van der Waals surface area contributed by atoms with Gasteiger partial charge in [-0.2, -0.15) is 18.3 Å². The predicted octanol–water partition coefficient (Wildman–Crippen LogP) is 1.25. The van der Waals surface area contributed by atoms with Gasteiger partial charge in [0.25, 0.3) is 0 Å². The van der Waals surface area contributed by atoms with Gasteiger partial charge in [0, 0.05) is 6.04 Å². The molecule has 1 aromatic heterocycles. The minimum absolute atomic E-state index is 0.119. The lowest BCUT2D eigenvalue weighted by atomic mass is 9.86. The molecule has 2 unspecified atom stereocenters. The van der Waals surface area contributed by atoms with Crippen molar-refractivity contribution in [2.24, 2.45) is 0 Å². The lowest BCUT2D eigenvalue weighted by Gasteiger charge is -2.35. The van der Waals surface area contributed by atoms with Gasteiger partial charge in [0.05, 0.1) is 18.7 Å². The zero-order valence-electron chi connectivity index (χ0n) is 13.2. The smallest absolute Gasteiger partial charge is 0.416 e. The first-order valence-electron chi connectivity index (χ1n) is 7.30. The molecule has 0 aliphatic carbocycles. The molecule has 10 heteroatoms. The topological polar surface area (TPSA) is 100 Å². The quantitative estimate of drug-likeness (QED) is 0.689. The van der Waals surface area contributed by atoms with Crippen LogP contribution in [0, 0.1) is 0 Å². The zero-order valence-corrected chi connectivity index (χ0v) is 13.2. The maximum Gasteiger partial charge on any atom is 0.416 e. The SMILES string of the molecule is CC(NCC(=O)O)C(O)(Cn1cncn1)c1ccc(C(F)(F)F)cc1. The lowest BCUT2D eigenvalue weighted by molar-refractivity contribution is -0.138. The fraction of sp³-hybridized carbons (Fsp3) is 0.400. The fourth-order valence-corrected chi connectivity index (χ4v) is 2.40. The number of nitrogens with zero attached hydrogens (tertiary/aromatic N) is 3. The Hall–Kier alpha value is -2.46. The number of aromatic nitrogens is 3. The van der Waals surface area contributed by atoms with Gasteiger partial charge in [0.1, 0.15) is 18.3 Å². The first kappa shape index (κ1) is 18.9. The van der Waals surface area contributed by atoms with E-state index in [4.69, 9.17) is 5.11 Å². The van der Waals surface area contributed by atoms with Gasteiger partial charge in [0.15, 0.2) is 0 Å². The van der Waals surface area contributed by atoms with Gasteiger partial charge < -0.3 is 15.5 Å². The highest BCUT2D eigenvalue weighted by Crippen LogP contribution is 2.32. The van der Waals surface area contributed by atoms with Crippen LogP contribution in [0.1, 0.15) is 18.1 Å². The van der Waals surface area contributed by atoms with E-state index in [-0.39, 0.29) is 12.1 Å².